The van der Waals surface area contributed by atoms with E-state index in [1.165, 1.54) is 63.8 Å². The van der Waals surface area contributed by atoms with Crippen molar-refractivity contribution in [3.8, 4) is 0 Å². The van der Waals surface area contributed by atoms with Gasteiger partial charge in [0.15, 0.2) is 0 Å². The molecule has 20 heavy (non-hydrogen) atoms. The fourth-order valence-electron chi connectivity index (χ4n) is 3.78. The molecule has 0 spiro atoms. The molecule has 0 radical (unpaired) electrons. The molecule has 0 amide bonds. The zero-order chi connectivity index (χ0) is 13.8. The number of benzene rings is 1. The molecule has 1 aromatic rings. The number of piperidine rings is 1. The van der Waals surface area contributed by atoms with Gasteiger partial charge in [-0.05, 0) is 43.2 Å². The van der Waals surface area contributed by atoms with Crippen molar-refractivity contribution in [3.05, 3.63) is 30.3 Å². The zero-order valence-electron chi connectivity index (χ0n) is 12.8. The molecule has 2 aliphatic rings. The van der Waals surface area contributed by atoms with E-state index in [1.54, 1.807) is 0 Å². The lowest BCUT2D eigenvalue weighted by Crippen LogP contribution is -2.45. The van der Waals surface area contributed by atoms with Crippen LogP contribution in [0, 0.1) is 5.41 Å². The van der Waals surface area contributed by atoms with Gasteiger partial charge in [-0.1, -0.05) is 38.0 Å². The Morgan fingerprint density at radius 1 is 1.10 bits per heavy atom. The molecule has 1 saturated heterocycles. The summed E-state index contributed by atoms with van der Waals surface area (Å²) >= 11 is 0. The number of rotatable bonds is 4. The molecule has 0 aromatic heterocycles. The number of para-hydroxylation sites is 1. The SMILES string of the molecule is CC1(CNC2CCN(c3ccccc3)CC2)CCCC1. The standard InChI is InChI=1S/C18H28N2/c1-18(11-5-6-12-18)15-19-16-9-13-20(14-10-16)17-7-3-2-4-8-17/h2-4,7-8,16,19H,5-6,9-15H2,1H3. The summed E-state index contributed by atoms with van der Waals surface area (Å²) in [6.45, 7) is 6.08. The second-order valence-electron chi connectivity index (χ2n) is 7.00. The van der Waals surface area contributed by atoms with E-state index in [9.17, 15) is 0 Å². The van der Waals surface area contributed by atoms with Crippen LogP contribution in [0.4, 0.5) is 5.69 Å². The van der Waals surface area contributed by atoms with Gasteiger partial charge in [-0.15, -0.1) is 0 Å². The molecule has 1 aliphatic heterocycles. The van der Waals surface area contributed by atoms with E-state index >= 15 is 0 Å². The van der Waals surface area contributed by atoms with E-state index in [1.807, 2.05) is 0 Å². The minimum atomic E-state index is 0.580. The monoisotopic (exact) mass is 272 g/mol. The summed E-state index contributed by atoms with van der Waals surface area (Å²) in [5.41, 5.74) is 1.96. The molecule has 1 saturated carbocycles. The van der Waals surface area contributed by atoms with Crippen molar-refractivity contribution in [1.29, 1.82) is 0 Å². The van der Waals surface area contributed by atoms with E-state index in [4.69, 9.17) is 0 Å². The molecular formula is C18H28N2. The fraction of sp³-hybridized carbons (Fsp3) is 0.667. The maximum Gasteiger partial charge on any atom is 0.0366 e. The molecule has 2 nitrogen and oxygen atoms in total. The third-order valence-corrected chi connectivity index (χ3v) is 5.24. The van der Waals surface area contributed by atoms with Gasteiger partial charge >= 0.3 is 0 Å². The van der Waals surface area contributed by atoms with Crippen LogP contribution in [0.15, 0.2) is 30.3 Å². The third kappa shape index (κ3) is 3.35. The first-order chi connectivity index (χ1) is 9.75. The average molecular weight is 272 g/mol. The van der Waals surface area contributed by atoms with E-state index in [0.29, 0.717) is 5.41 Å². The highest BCUT2D eigenvalue weighted by Crippen LogP contribution is 2.37. The lowest BCUT2D eigenvalue weighted by molar-refractivity contribution is 0.282. The first kappa shape index (κ1) is 13.9. The van der Waals surface area contributed by atoms with Gasteiger partial charge < -0.3 is 10.2 Å². The maximum atomic E-state index is 3.85. The summed E-state index contributed by atoms with van der Waals surface area (Å²) in [6.07, 6.45) is 8.27. The predicted octanol–water partition coefficient (Wildman–Crippen LogP) is 3.83. The van der Waals surface area contributed by atoms with Gasteiger partial charge in [0.05, 0.1) is 0 Å². The van der Waals surface area contributed by atoms with Gasteiger partial charge in [-0.2, -0.15) is 0 Å². The highest BCUT2D eigenvalue weighted by atomic mass is 15.1. The van der Waals surface area contributed by atoms with Crippen LogP contribution in [0.5, 0.6) is 0 Å². The summed E-state index contributed by atoms with van der Waals surface area (Å²) in [5.74, 6) is 0. The van der Waals surface area contributed by atoms with E-state index in [2.05, 4.69) is 47.5 Å². The molecule has 110 valence electrons. The Balaban J connectivity index is 1.44. The second kappa shape index (κ2) is 6.17. The maximum absolute atomic E-state index is 3.85. The van der Waals surface area contributed by atoms with Crippen molar-refractivity contribution in [2.75, 3.05) is 24.5 Å². The van der Waals surface area contributed by atoms with Crippen LogP contribution < -0.4 is 10.2 Å². The van der Waals surface area contributed by atoms with Crippen LogP contribution >= 0.6 is 0 Å². The number of hydrogen-bond donors (Lipinski definition) is 1. The van der Waals surface area contributed by atoms with Crippen molar-refractivity contribution in [2.24, 2.45) is 5.41 Å². The van der Waals surface area contributed by atoms with Crippen LogP contribution in [0.3, 0.4) is 0 Å². The van der Waals surface area contributed by atoms with Crippen LogP contribution in [-0.4, -0.2) is 25.7 Å². The Kier molecular flexibility index (Phi) is 4.30. The molecule has 1 heterocycles. The topological polar surface area (TPSA) is 15.3 Å². The normalized spacial score (nSPS) is 23.1. The molecule has 3 rings (SSSR count). The molecule has 2 heteroatoms. The quantitative estimate of drug-likeness (QED) is 0.896. The summed E-state index contributed by atoms with van der Waals surface area (Å²) in [4.78, 5) is 2.52. The predicted molar refractivity (Wildman–Crippen MR) is 86.3 cm³/mol. The minimum Gasteiger partial charge on any atom is -0.371 e. The highest BCUT2D eigenvalue weighted by molar-refractivity contribution is 5.46. The Hall–Kier alpha value is -1.02. The van der Waals surface area contributed by atoms with E-state index in [-0.39, 0.29) is 0 Å². The summed E-state index contributed by atoms with van der Waals surface area (Å²) in [6, 6.07) is 11.6. The van der Waals surface area contributed by atoms with Crippen molar-refractivity contribution in [3.63, 3.8) is 0 Å². The number of nitrogens with one attached hydrogen (secondary N) is 1. The lowest BCUT2D eigenvalue weighted by atomic mass is 9.88. The molecule has 1 N–H and O–H groups in total. The number of anilines is 1. The molecule has 0 atom stereocenters. The number of nitrogens with zero attached hydrogens (tertiary/aromatic N) is 1. The van der Waals surface area contributed by atoms with Crippen LogP contribution in [-0.2, 0) is 0 Å². The van der Waals surface area contributed by atoms with E-state index < -0.39 is 0 Å². The average Bonchev–Trinajstić information content (AvgIpc) is 2.94. The van der Waals surface area contributed by atoms with Crippen LogP contribution in [0.1, 0.15) is 45.4 Å². The Bertz CT molecular complexity index is 401. The van der Waals surface area contributed by atoms with Crippen molar-refractivity contribution < 1.29 is 0 Å². The van der Waals surface area contributed by atoms with Gasteiger partial charge in [0.2, 0.25) is 0 Å². The summed E-state index contributed by atoms with van der Waals surface area (Å²) < 4.78 is 0. The Morgan fingerprint density at radius 3 is 2.40 bits per heavy atom. The zero-order valence-corrected chi connectivity index (χ0v) is 12.8. The fourth-order valence-corrected chi connectivity index (χ4v) is 3.78. The van der Waals surface area contributed by atoms with Gasteiger partial charge in [-0.25, -0.2) is 0 Å². The lowest BCUT2D eigenvalue weighted by Gasteiger charge is -2.36. The first-order valence-corrected chi connectivity index (χ1v) is 8.29. The van der Waals surface area contributed by atoms with Crippen molar-refractivity contribution in [1.82, 2.24) is 5.32 Å². The molecule has 2 fully saturated rings. The van der Waals surface area contributed by atoms with Crippen LogP contribution in [0.2, 0.25) is 0 Å². The Labute approximate surface area is 123 Å². The molecule has 0 bridgehead atoms. The summed E-state index contributed by atoms with van der Waals surface area (Å²) in [7, 11) is 0. The molecule has 1 aromatic carbocycles. The van der Waals surface area contributed by atoms with Gasteiger partial charge in [-0.3, -0.25) is 0 Å². The number of hydrogen-bond acceptors (Lipinski definition) is 2. The van der Waals surface area contributed by atoms with Crippen LogP contribution in [0.25, 0.3) is 0 Å². The first-order valence-electron chi connectivity index (χ1n) is 8.29. The van der Waals surface area contributed by atoms with E-state index in [0.717, 1.165) is 6.04 Å². The van der Waals surface area contributed by atoms with Crippen molar-refractivity contribution >= 4 is 5.69 Å². The summed E-state index contributed by atoms with van der Waals surface area (Å²) in [5, 5.41) is 3.85. The largest absolute Gasteiger partial charge is 0.371 e. The smallest absolute Gasteiger partial charge is 0.0366 e. The Morgan fingerprint density at radius 2 is 1.75 bits per heavy atom. The molecule has 1 aliphatic carbocycles. The minimum absolute atomic E-state index is 0.580. The van der Waals surface area contributed by atoms with Gasteiger partial charge in [0, 0.05) is 31.4 Å². The highest BCUT2D eigenvalue weighted by Gasteiger charge is 2.29. The third-order valence-electron chi connectivity index (χ3n) is 5.24. The van der Waals surface area contributed by atoms with Crippen molar-refractivity contribution in [2.45, 2.75) is 51.5 Å². The second-order valence-corrected chi connectivity index (χ2v) is 7.00. The van der Waals surface area contributed by atoms with Gasteiger partial charge in [0.25, 0.3) is 0 Å². The van der Waals surface area contributed by atoms with Gasteiger partial charge in [0.1, 0.15) is 0 Å². The molecule has 0 unspecified atom stereocenters. The molecular weight excluding hydrogens is 244 g/mol.